The Morgan fingerprint density at radius 2 is 1.93 bits per heavy atom. The van der Waals surface area contributed by atoms with Gasteiger partial charge in [-0.2, -0.15) is 5.10 Å². The first kappa shape index (κ1) is 25.6. The van der Waals surface area contributed by atoms with E-state index in [9.17, 15) is 9.59 Å². The van der Waals surface area contributed by atoms with E-state index in [1.807, 2.05) is 71.2 Å². The molecule has 0 bridgehead atoms. The molecule has 4 heterocycles. The van der Waals surface area contributed by atoms with Gasteiger partial charge in [0, 0.05) is 61.5 Å². The summed E-state index contributed by atoms with van der Waals surface area (Å²) < 4.78 is 8.18. The van der Waals surface area contributed by atoms with Crippen LogP contribution in [0.4, 0.5) is 0 Å². The van der Waals surface area contributed by atoms with Crippen LogP contribution in [0.1, 0.15) is 40.9 Å². The van der Waals surface area contributed by atoms with Crippen LogP contribution >= 0.6 is 0 Å². The summed E-state index contributed by atoms with van der Waals surface area (Å²) in [6.45, 7) is 7.32. The second kappa shape index (κ2) is 10.4. The van der Waals surface area contributed by atoms with Gasteiger partial charge in [-0.05, 0) is 72.5 Å². The molecule has 0 radical (unpaired) electrons. The Labute approximate surface area is 233 Å². The van der Waals surface area contributed by atoms with E-state index in [0.717, 1.165) is 51.2 Å². The Morgan fingerprint density at radius 3 is 2.73 bits per heavy atom. The molecule has 2 aliphatic rings. The summed E-state index contributed by atoms with van der Waals surface area (Å²) in [5, 5.41) is 5.05. The first-order chi connectivity index (χ1) is 19.4. The third kappa shape index (κ3) is 4.77. The number of amides is 2. The minimum atomic E-state index is -0.0522. The molecule has 6 rings (SSSR count). The van der Waals surface area contributed by atoms with Crippen LogP contribution in [-0.2, 0) is 17.9 Å². The predicted molar refractivity (Wildman–Crippen MR) is 152 cm³/mol. The molecular weight excluding hydrogens is 502 g/mol. The molecule has 0 saturated carbocycles. The van der Waals surface area contributed by atoms with Crippen LogP contribution < -0.4 is 4.74 Å². The van der Waals surface area contributed by atoms with Gasteiger partial charge < -0.3 is 14.5 Å². The fourth-order valence-electron chi connectivity index (χ4n) is 5.66. The van der Waals surface area contributed by atoms with E-state index in [1.165, 1.54) is 6.08 Å². The van der Waals surface area contributed by atoms with Crippen LogP contribution in [0.2, 0.25) is 0 Å². The first-order valence-corrected chi connectivity index (χ1v) is 13.4. The molecule has 0 spiro atoms. The van der Waals surface area contributed by atoms with Crippen molar-refractivity contribution in [2.75, 3.05) is 13.6 Å². The van der Waals surface area contributed by atoms with Crippen molar-refractivity contribution in [3.8, 4) is 28.1 Å². The zero-order valence-electron chi connectivity index (χ0n) is 22.7. The van der Waals surface area contributed by atoms with E-state index in [1.54, 1.807) is 17.3 Å². The lowest BCUT2D eigenvalue weighted by Crippen LogP contribution is -2.32. The second-order valence-electron chi connectivity index (χ2n) is 10.5. The number of aromatic nitrogens is 3. The molecule has 8 heteroatoms. The average Bonchev–Trinajstić information content (AvgIpc) is 3.67. The van der Waals surface area contributed by atoms with E-state index < -0.39 is 0 Å². The van der Waals surface area contributed by atoms with Crippen molar-refractivity contribution < 1.29 is 14.3 Å². The molecule has 202 valence electrons. The number of pyridine rings is 1. The lowest BCUT2D eigenvalue weighted by Gasteiger charge is -2.18. The number of benzene rings is 2. The average molecular weight is 534 g/mol. The maximum atomic E-state index is 12.3. The van der Waals surface area contributed by atoms with E-state index in [4.69, 9.17) is 9.84 Å². The lowest BCUT2D eigenvalue weighted by molar-refractivity contribution is -0.126. The predicted octanol–water partition coefficient (Wildman–Crippen LogP) is 5.12. The van der Waals surface area contributed by atoms with E-state index >= 15 is 0 Å². The lowest BCUT2D eigenvalue weighted by atomic mass is 10.0. The molecule has 2 aromatic heterocycles. The van der Waals surface area contributed by atoms with Gasteiger partial charge in [-0.15, -0.1) is 0 Å². The Bertz CT molecular complexity index is 1600. The smallest absolute Gasteiger partial charge is 0.254 e. The van der Waals surface area contributed by atoms with Gasteiger partial charge >= 0.3 is 0 Å². The summed E-state index contributed by atoms with van der Waals surface area (Å²) in [5.74, 6) is 0.744. The van der Waals surface area contributed by atoms with Gasteiger partial charge in [0.05, 0.1) is 6.04 Å². The summed E-state index contributed by atoms with van der Waals surface area (Å²) in [5.41, 5.74) is 6.61. The monoisotopic (exact) mass is 533 g/mol. The molecule has 8 nitrogen and oxygen atoms in total. The number of ether oxygens (including phenoxy) is 1. The summed E-state index contributed by atoms with van der Waals surface area (Å²) >= 11 is 0. The van der Waals surface area contributed by atoms with Gasteiger partial charge in [0.2, 0.25) is 5.91 Å². The highest BCUT2D eigenvalue weighted by Crippen LogP contribution is 2.36. The van der Waals surface area contributed by atoms with Crippen LogP contribution in [0.25, 0.3) is 22.4 Å². The molecule has 2 amide bonds. The molecule has 0 aliphatic carbocycles. The first-order valence-electron chi connectivity index (χ1n) is 13.4. The summed E-state index contributed by atoms with van der Waals surface area (Å²) in [7, 11) is 1.82. The Balaban J connectivity index is 1.27. The zero-order valence-corrected chi connectivity index (χ0v) is 22.7. The Hall–Kier alpha value is -4.72. The number of nitrogens with zero attached hydrogens (tertiary/aromatic N) is 5. The minimum Gasteiger partial charge on any atom is -0.489 e. The van der Waals surface area contributed by atoms with E-state index in [2.05, 4.69) is 24.7 Å². The molecular formula is C32H31N5O3. The second-order valence-corrected chi connectivity index (χ2v) is 10.5. The van der Waals surface area contributed by atoms with Gasteiger partial charge in [0.15, 0.2) is 0 Å². The quantitative estimate of drug-likeness (QED) is 0.308. The molecule has 40 heavy (non-hydrogen) atoms. The number of carbonyl (C=O) groups excluding carboxylic acids is 2. The van der Waals surface area contributed by atoms with Gasteiger partial charge in [-0.3, -0.25) is 19.3 Å². The molecule has 2 atom stereocenters. The SMILES string of the molecule is C=CC(=O)N1C[C@@H](n2cc(-c3ccncc3)c(-c3cccc(OCc4ccc5c(c4)CN(C)C5=O)c3)n2)C[C@H]1C. The fourth-order valence-corrected chi connectivity index (χ4v) is 5.66. The van der Waals surface area contributed by atoms with Gasteiger partial charge in [0.25, 0.3) is 5.91 Å². The highest BCUT2D eigenvalue weighted by molar-refractivity contribution is 5.98. The van der Waals surface area contributed by atoms with Crippen molar-refractivity contribution in [3.63, 3.8) is 0 Å². The number of carbonyl (C=O) groups is 2. The Kier molecular flexibility index (Phi) is 6.67. The van der Waals surface area contributed by atoms with Crippen molar-refractivity contribution in [3.05, 3.63) is 103 Å². The highest BCUT2D eigenvalue weighted by Gasteiger charge is 2.33. The number of hydrogen-bond donors (Lipinski definition) is 0. The topological polar surface area (TPSA) is 80.6 Å². The summed E-state index contributed by atoms with van der Waals surface area (Å²) in [4.78, 5) is 32.3. The molecule has 2 aliphatic heterocycles. The van der Waals surface area contributed by atoms with Crippen LogP contribution in [-0.4, -0.2) is 56.0 Å². The van der Waals surface area contributed by atoms with Crippen LogP contribution in [0, 0.1) is 0 Å². The van der Waals surface area contributed by atoms with Crippen molar-refractivity contribution >= 4 is 11.8 Å². The molecule has 0 unspecified atom stereocenters. The van der Waals surface area contributed by atoms with Crippen molar-refractivity contribution in [1.82, 2.24) is 24.6 Å². The maximum absolute atomic E-state index is 12.3. The molecule has 1 saturated heterocycles. The standard InChI is InChI=1S/C32H31N5O3/c1-4-30(38)36-18-26(14-21(36)2)37-19-29(23-10-12-33-13-11-23)31(34-37)24-6-5-7-27(16-24)40-20-22-8-9-28-25(15-22)17-35(3)32(28)39/h4-13,15-16,19,21,26H,1,14,17-18,20H2,2-3H3/t21-,26+/m1/s1. The minimum absolute atomic E-state index is 0.0522. The normalized spacial score (nSPS) is 18.2. The highest BCUT2D eigenvalue weighted by atomic mass is 16.5. The van der Waals surface area contributed by atoms with Gasteiger partial charge in [0.1, 0.15) is 18.1 Å². The van der Waals surface area contributed by atoms with E-state index in [0.29, 0.717) is 19.7 Å². The van der Waals surface area contributed by atoms with Crippen LogP contribution in [0.5, 0.6) is 5.75 Å². The number of fused-ring (bicyclic) bond motifs is 1. The van der Waals surface area contributed by atoms with E-state index in [-0.39, 0.29) is 23.9 Å². The van der Waals surface area contributed by atoms with Crippen molar-refractivity contribution in [2.45, 2.75) is 38.6 Å². The largest absolute Gasteiger partial charge is 0.489 e. The summed E-state index contributed by atoms with van der Waals surface area (Å²) in [6, 6.07) is 18.0. The van der Waals surface area contributed by atoms with Crippen molar-refractivity contribution in [1.29, 1.82) is 0 Å². The number of hydrogen-bond acceptors (Lipinski definition) is 5. The molecule has 2 aromatic carbocycles. The Morgan fingerprint density at radius 1 is 1.10 bits per heavy atom. The third-order valence-corrected chi connectivity index (χ3v) is 7.78. The fraction of sp³-hybridized carbons (Fsp3) is 0.250. The molecule has 1 fully saturated rings. The van der Waals surface area contributed by atoms with Crippen LogP contribution in [0.15, 0.2) is 85.8 Å². The van der Waals surface area contributed by atoms with Gasteiger partial charge in [-0.1, -0.05) is 24.8 Å². The van der Waals surface area contributed by atoms with Gasteiger partial charge in [-0.25, -0.2) is 0 Å². The maximum Gasteiger partial charge on any atom is 0.254 e. The number of rotatable bonds is 7. The van der Waals surface area contributed by atoms with Crippen LogP contribution in [0.3, 0.4) is 0 Å². The third-order valence-electron chi connectivity index (χ3n) is 7.78. The summed E-state index contributed by atoms with van der Waals surface area (Å²) in [6.07, 6.45) is 7.82. The molecule has 0 N–H and O–H groups in total. The molecule has 4 aromatic rings. The zero-order chi connectivity index (χ0) is 27.8. The number of likely N-dealkylation sites (tertiary alicyclic amines) is 1. The van der Waals surface area contributed by atoms with Crippen molar-refractivity contribution in [2.24, 2.45) is 0 Å².